The van der Waals surface area contributed by atoms with Crippen molar-refractivity contribution < 1.29 is 14.8 Å². The number of hydrogen-bond donors (Lipinski definition) is 3. The zero-order valence-corrected chi connectivity index (χ0v) is 19.3. The van der Waals surface area contributed by atoms with E-state index >= 15 is 0 Å². The second-order valence-corrected chi connectivity index (χ2v) is 10.2. The average Bonchev–Trinajstić information content (AvgIpc) is 3.23. The molecule has 2 atom stereocenters. The molecule has 8 heteroatoms. The molecule has 7 nitrogen and oxygen atoms in total. The molecular formula is C23H33ClN4O3. The lowest BCUT2D eigenvalue weighted by molar-refractivity contribution is -0.155. The molecule has 2 aliphatic rings. The first-order valence-electron chi connectivity index (χ1n) is 11.0. The van der Waals surface area contributed by atoms with Crippen LogP contribution in [0.1, 0.15) is 58.4 Å². The van der Waals surface area contributed by atoms with Gasteiger partial charge in [-0.1, -0.05) is 64.1 Å². The van der Waals surface area contributed by atoms with Crippen molar-refractivity contribution >= 4 is 35.4 Å². The van der Waals surface area contributed by atoms with Crippen molar-refractivity contribution in [3.8, 4) is 0 Å². The Bertz CT molecular complexity index is 831. The Morgan fingerprint density at radius 1 is 1.39 bits per heavy atom. The van der Waals surface area contributed by atoms with Crippen LogP contribution in [0.5, 0.6) is 0 Å². The largest absolute Gasteiger partial charge is 0.345 e. The van der Waals surface area contributed by atoms with Crippen LogP contribution >= 0.6 is 11.6 Å². The Labute approximate surface area is 189 Å². The second-order valence-electron chi connectivity index (χ2n) is 9.75. The van der Waals surface area contributed by atoms with Gasteiger partial charge in [0.2, 0.25) is 12.3 Å². The van der Waals surface area contributed by atoms with E-state index in [2.05, 4.69) is 10.6 Å². The number of benzene rings is 1. The van der Waals surface area contributed by atoms with E-state index in [-0.39, 0.29) is 23.9 Å². The summed E-state index contributed by atoms with van der Waals surface area (Å²) in [7, 11) is 0. The fourth-order valence-electron chi connectivity index (χ4n) is 4.45. The van der Waals surface area contributed by atoms with Crippen LogP contribution < -0.4 is 10.6 Å². The molecule has 0 bridgehead atoms. The maximum Gasteiger partial charge on any atom is 0.233 e. The van der Waals surface area contributed by atoms with Gasteiger partial charge < -0.3 is 10.6 Å². The lowest BCUT2D eigenvalue weighted by Gasteiger charge is -2.36. The first-order chi connectivity index (χ1) is 14.7. The third-order valence-electron chi connectivity index (χ3n) is 6.17. The number of fused-ring (bicyclic) bond motifs is 1. The molecule has 3 rings (SSSR count). The highest BCUT2D eigenvalue weighted by Crippen LogP contribution is 2.32. The minimum absolute atomic E-state index is 0.0129. The molecule has 31 heavy (non-hydrogen) atoms. The Morgan fingerprint density at radius 2 is 2.10 bits per heavy atom. The van der Waals surface area contributed by atoms with Crippen LogP contribution in [-0.2, 0) is 16.1 Å². The Balaban J connectivity index is 1.77. The molecule has 0 spiro atoms. The molecule has 170 valence electrons. The standard InChI is InChI=1S/C23H33ClN4O3/c1-23(2,3)20(21-25-12-16-8-9-18(24)11-19(16)26-21)27-22(30)17(13-28(31)14-29)10-15-6-4-5-7-15/h8-9,11,14-15,17,20,31H,4-7,10,12-13H2,1-3H3,(H,25,26)(H,27,30)/t17?,20-/m1/s1. The number of amides is 2. The first-order valence-corrected chi connectivity index (χ1v) is 11.4. The van der Waals surface area contributed by atoms with Crippen LogP contribution in [-0.4, -0.2) is 41.0 Å². The monoisotopic (exact) mass is 448 g/mol. The maximum absolute atomic E-state index is 13.3. The van der Waals surface area contributed by atoms with Crippen molar-refractivity contribution in [2.75, 3.05) is 11.9 Å². The van der Waals surface area contributed by atoms with Gasteiger partial charge in [-0.15, -0.1) is 0 Å². The predicted molar refractivity (Wildman–Crippen MR) is 122 cm³/mol. The fraction of sp³-hybridized carbons (Fsp3) is 0.609. The van der Waals surface area contributed by atoms with E-state index < -0.39 is 5.92 Å². The number of nitrogens with zero attached hydrogens (tertiary/aromatic N) is 2. The van der Waals surface area contributed by atoms with Crippen LogP contribution in [0.15, 0.2) is 23.2 Å². The summed E-state index contributed by atoms with van der Waals surface area (Å²) in [5.41, 5.74) is 1.64. The minimum Gasteiger partial charge on any atom is -0.345 e. The summed E-state index contributed by atoms with van der Waals surface area (Å²) in [5.74, 6) is 0.484. The van der Waals surface area contributed by atoms with Gasteiger partial charge in [0.05, 0.1) is 25.0 Å². The average molecular weight is 449 g/mol. The summed E-state index contributed by atoms with van der Waals surface area (Å²) in [4.78, 5) is 29.0. The van der Waals surface area contributed by atoms with Gasteiger partial charge in [-0.25, -0.2) is 5.06 Å². The number of nitrogens with one attached hydrogen (secondary N) is 2. The highest BCUT2D eigenvalue weighted by molar-refractivity contribution is 6.31. The van der Waals surface area contributed by atoms with Crippen molar-refractivity contribution in [1.29, 1.82) is 0 Å². The molecule has 0 aromatic heterocycles. The number of amidine groups is 1. The minimum atomic E-state index is -0.478. The van der Waals surface area contributed by atoms with Crippen LogP contribution in [0.3, 0.4) is 0 Å². The van der Waals surface area contributed by atoms with E-state index in [1.807, 2.05) is 39.0 Å². The van der Waals surface area contributed by atoms with E-state index in [1.54, 1.807) is 0 Å². The third kappa shape index (κ3) is 6.20. The summed E-state index contributed by atoms with van der Waals surface area (Å²) >= 11 is 6.16. The quantitative estimate of drug-likeness (QED) is 0.315. The van der Waals surface area contributed by atoms with Crippen molar-refractivity contribution in [1.82, 2.24) is 10.4 Å². The van der Waals surface area contributed by atoms with Gasteiger partial charge in [-0.2, -0.15) is 0 Å². The number of anilines is 1. The Kier molecular flexibility index (Phi) is 7.59. The maximum atomic E-state index is 13.3. The number of aliphatic imine (C=N–C) groups is 1. The molecule has 1 fully saturated rings. The number of hydrogen-bond acceptors (Lipinski definition) is 5. The first kappa shape index (κ1) is 23.5. The van der Waals surface area contributed by atoms with E-state index in [0.29, 0.717) is 41.2 Å². The van der Waals surface area contributed by atoms with Crippen LogP contribution in [0, 0.1) is 17.3 Å². The van der Waals surface area contributed by atoms with Gasteiger partial charge in [0.1, 0.15) is 5.84 Å². The number of hydroxylamine groups is 2. The Hall–Kier alpha value is -2.12. The van der Waals surface area contributed by atoms with E-state index in [0.717, 1.165) is 24.1 Å². The molecule has 1 heterocycles. The van der Waals surface area contributed by atoms with E-state index in [1.165, 1.54) is 12.8 Å². The van der Waals surface area contributed by atoms with Gasteiger partial charge in [0, 0.05) is 10.7 Å². The number of carbonyl (C=O) groups is 2. The smallest absolute Gasteiger partial charge is 0.233 e. The summed E-state index contributed by atoms with van der Waals surface area (Å²) in [6.07, 6.45) is 5.52. The Morgan fingerprint density at radius 3 is 2.74 bits per heavy atom. The molecule has 3 N–H and O–H groups in total. The van der Waals surface area contributed by atoms with Crippen LogP contribution in [0.25, 0.3) is 0 Å². The molecule has 1 aliphatic heterocycles. The molecule has 1 saturated carbocycles. The normalized spacial score (nSPS) is 18.4. The van der Waals surface area contributed by atoms with Crippen LogP contribution in [0.4, 0.5) is 5.69 Å². The summed E-state index contributed by atoms with van der Waals surface area (Å²) in [6, 6.07) is 5.29. The van der Waals surface area contributed by atoms with Crippen LogP contribution in [0.2, 0.25) is 5.02 Å². The zero-order valence-electron chi connectivity index (χ0n) is 18.5. The van der Waals surface area contributed by atoms with E-state index in [9.17, 15) is 14.8 Å². The number of rotatable bonds is 8. The van der Waals surface area contributed by atoms with E-state index in [4.69, 9.17) is 16.6 Å². The van der Waals surface area contributed by atoms with Gasteiger partial charge in [-0.05, 0) is 35.4 Å². The molecule has 2 amide bonds. The van der Waals surface area contributed by atoms with Gasteiger partial charge in [0.15, 0.2) is 0 Å². The zero-order chi connectivity index (χ0) is 22.6. The molecule has 1 unspecified atom stereocenters. The molecule has 0 radical (unpaired) electrons. The highest BCUT2D eigenvalue weighted by atomic mass is 35.5. The molecule has 0 saturated heterocycles. The number of halogens is 1. The van der Waals surface area contributed by atoms with Gasteiger partial charge in [0.25, 0.3) is 0 Å². The molecule has 1 aromatic rings. The highest BCUT2D eigenvalue weighted by Gasteiger charge is 2.35. The predicted octanol–water partition coefficient (Wildman–Crippen LogP) is 4.24. The topological polar surface area (TPSA) is 94.0 Å². The third-order valence-corrected chi connectivity index (χ3v) is 6.41. The number of carbonyl (C=O) groups excluding carboxylic acids is 2. The SMILES string of the molecule is CC(C)(C)[C@H](NC(=O)C(CC1CCCC1)CN(O)C=O)C1=NCc2ccc(Cl)cc2N1. The summed E-state index contributed by atoms with van der Waals surface area (Å²) < 4.78 is 0. The summed E-state index contributed by atoms with van der Waals surface area (Å²) in [5, 5.41) is 17.5. The van der Waals surface area contributed by atoms with Crippen molar-refractivity contribution in [3.63, 3.8) is 0 Å². The fourth-order valence-corrected chi connectivity index (χ4v) is 4.62. The van der Waals surface area contributed by atoms with Crippen molar-refractivity contribution in [2.45, 2.75) is 65.5 Å². The van der Waals surface area contributed by atoms with Gasteiger partial charge in [-0.3, -0.25) is 19.8 Å². The molecular weight excluding hydrogens is 416 g/mol. The molecule has 1 aliphatic carbocycles. The second kappa shape index (κ2) is 10.0. The van der Waals surface area contributed by atoms with Crippen molar-refractivity contribution in [3.05, 3.63) is 28.8 Å². The lowest BCUT2D eigenvalue weighted by Crippen LogP contribution is -2.54. The van der Waals surface area contributed by atoms with Gasteiger partial charge >= 0.3 is 0 Å². The molecule has 1 aromatic carbocycles. The van der Waals surface area contributed by atoms with Crippen molar-refractivity contribution in [2.24, 2.45) is 22.2 Å². The lowest BCUT2D eigenvalue weighted by atomic mass is 9.84. The summed E-state index contributed by atoms with van der Waals surface area (Å²) in [6.45, 7) is 6.64.